The molecule has 7 heteroatoms. The molecule has 0 aromatic carbocycles. The van der Waals surface area contributed by atoms with E-state index in [1.165, 1.54) is 6.20 Å². The fraction of sp³-hybridized carbons (Fsp3) is 0.400. The van der Waals surface area contributed by atoms with Gasteiger partial charge in [-0.15, -0.1) is 5.10 Å². The van der Waals surface area contributed by atoms with Gasteiger partial charge in [-0.25, -0.2) is 4.98 Å². The van der Waals surface area contributed by atoms with Gasteiger partial charge in [-0.2, -0.15) is 5.10 Å². The Labute approximate surface area is 128 Å². The summed E-state index contributed by atoms with van der Waals surface area (Å²) in [7, 11) is 0. The fourth-order valence-electron chi connectivity index (χ4n) is 2.29. The van der Waals surface area contributed by atoms with Gasteiger partial charge in [0.1, 0.15) is 11.8 Å². The highest BCUT2D eigenvalue weighted by molar-refractivity contribution is 5.92. The maximum atomic E-state index is 12.3. The number of hydrogen-bond donors (Lipinski definition) is 0. The van der Waals surface area contributed by atoms with Crippen LogP contribution in [0.5, 0.6) is 5.88 Å². The highest BCUT2D eigenvalue weighted by atomic mass is 16.5. The van der Waals surface area contributed by atoms with Crippen molar-refractivity contribution in [3.63, 3.8) is 0 Å². The van der Waals surface area contributed by atoms with Gasteiger partial charge >= 0.3 is 0 Å². The quantitative estimate of drug-likeness (QED) is 0.846. The smallest absolute Gasteiger partial charge is 0.274 e. The zero-order chi connectivity index (χ0) is 15.5. The summed E-state index contributed by atoms with van der Waals surface area (Å²) in [6, 6.07) is 3.64. The van der Waals surface area contributed by atoms with Crippen LogP contribution < -0.4 is 4.74 Å². The van der Waals surface area contributed by atoms with Crippen LogP contribution in [0.4, 0.5) is 0 Å². The number of nitrogens with zero attached hydrogens (tertiary/aromatic N) is 5. The van der Waals surface area contributed by atoms with Crippen LogP contribution >= 0.6 is 0 Å². The van der Waals surface area contributed by atoms with E-state index >= 15 is 0 Å². The Morgan fingerprint density at radius 1 is 1.18 bits per heavy atom. The second kappa shape index (κ2) is 6.05. The summed E-state index contributed by atoms with van der Waals surface area (Å²) in [5.74, 6) is 0.369. The third-order valence-electron chi connectivity index (χ3n) is 3.49. The molecule has 1 saturated heterocycles. The van der Waals surface area contributed by atoms with E-state index in [0.717, 1.165) is 17.8 Å². The van der Waals surface area contributed by atoms with Gasteiger partial charge in [-0.05, 0) is 19.9 Å². The second-order valence-corrected chi connectivity index (χ2v) is 5.34. The van der Waals surface area contributed by atoms with E-state index in [4.69, 9.17) is 4.74 Å². The number of hydrogen-bond acceptors (Lipinski definition) is 6. The van der Waals surface area contributed by atoms with Crippen LogP contribution in [0.3, 0.4) is 0 Å². The van der Waals surface area contributed by atoms with Crippen molar-refractivity contribution >= 4 is 5.91 Å². The molecule has 0 saturated carbocycles. The lowest BCUT2D eigenvalue weighted by molar-refractivity contribution is 0.0764. The highest BCUT2D eigenvalue weighted by Crippen LogP contribution is 2.17. The van der Waals surface area contributed by atoms with Crippen molar-refractivity contribution < 1.29 is 9.53 Å². The van der Waals surface area contributed by atoms with E-state index in [1.807, 2.05) is 19.9 Å². The van der Waals surface area contributed by atoms with Crippen LogP contribution in [0.15, 0.2) is 24.5 Å². The van der Waals surface area contributed by atoms with Gasteiger partial charge in [0.15, 0.2) is 0 Å². The molecule has 3 rings (SSSR count). The average molecular weight is 299 g/mol. The number of amides is 1. The number of ether oxygens (including phenoxy) is 1. The molecule has 1 fully saturated rings. The molecule has 3 heterocycles. The molecule has 1 amide bonds. The molecular formula is C15H17N5O2. The zero-order valence-electron chi connectivity index (χ0n) is 12.6. The summed E-state index contributed by atoms with van der Waals surface area (Å²) in [4.78, 5) is 22.3. The average Bonchev–Trinajstić information content (AvgIpc) is 2.98. The number of carbonyl (C=O) groups excluding carboxylic acids is 1. The van der Waals surface area contributed by atoms with E-state index in [-0.39, 0.29) is 12.0 Å². The van der Waals surface area contributed by atoms with Crippen molar-refractivity contribution in [1.82, 2.24) is 25.1 Å². The fourth-order valence-corrected chi connectivity index (χ4v) is 2.29. The van der Waals surface area contributed by atoms with E-state index in [9.17, 15) is 4.79 Å². The van der Waals surface area contributed by atoms with Gasteiger partial charge in [0.25, 0.3) is 5.91 Å². The van der Waals surface area contributed by atoms with E-state index in [1.54, 1.807) is 17.2 Å². The zero-order valence-corrected chi connectivity index (χ0v) is 12.6. The summed E-state index contributed by atoms with van der Waals surface area (Å²) >= 11 is 0. The summed E-state index contributed by atoms with van der Waals surface area (Å²) in [5.41, 5.74) is 1.99. The molecule has 2 aromatic rings. The molecule has 1 atom stereocenters. The highest BCUT2D eigenvalue weighted by Gasteiger charge is 2.29. The van der Waals surface area contributed by atoms with Gasteiger partial charge < -0.3 is 9.64 Å². The van der Waals surface area contributed by atoms with Crippen molar-refractivity contribution in [2.75, 3.05) is 13.1 Å². The first-order valence-electron chi connectivity index (χ1n) is 7.17. The van der Waals surface area contributed by atoms with Crippen LogP contribution in [0.1, 0.15) is 28.3 Å². The van der Waals surface area contributed by atoms with Crippen molar-refractivity contribution in [2.24, 2.45) is 0 Å². The minimum Gasteiger partial charge on any atom is -0.471 e. The predicted molar refractivity (Wildman–Crippen MR) is 78.5 cm³/mol. The van der Waals surface area contributed by atoms with E-state index in [0.29, 0.717) is 24.7 Å². The monoisotopic (exact) mass is 299 g/mol. The van der Waals surface area contributed by atoms with Gasteiger partial charge in [-0.3, -0.25) is 9.78 Å². The number of carbonyl (C=O) groups is 1. The topological polar surface area (TPSA) is 81.1 Å². The molecular weight excluding hydrogens is 282 g/mol. The van der Waals surface area contributed by atoms with Crippen molar-refractivity contribution in [3.8, 4) is 5.88 Å². The van der Waals surface area contributed by atoms with E-state index < -0.39 is 0 Å². The van der Waals surface area contributed by atoms with Crippen molar-refractivity contribution in [3.05, 3.63) is 41.6 Å². The van der Waals surface area contributed by atoms with Gasteiger partial charge in [0, 0.05) is 25.2 Å². The van der Waals surface area contributed by atoms with Crippen LogP contribution in [-0.4, -0.2) is 50.2 Å². The molecule has 1 aliphatic heterocycles. The Balaban J connectivity index is 1.61. The van der Waals surface area contributed by atoms with Gasteiger partial charge in [-0.1, -0.05) is 0 Å². The minimum atomic E-state index is -0.117. The third kappa shape index (κ3) is 3.19. The first-order chi connectivity index (χ1) is 10.6. The van der Waals surface area contributed by atoms with Gasteiger partial charge in [0.05, 0.1) is 24.1 Å². The lowest BCUT2D eigenvalue weighted by Crippen LogP contribution is -2.31. The normalized spacial score (nSPS) is 17.5. The Kier molecular flexibility index (Phi) is 3.95. The van der Waals surface area contributed by atoms with Crippen LogP contribution in [0, 0.1) is 13.8 Å². The molecule has 0 bridgehead atoms. The Bertz CT molecular complexity index is 657. The molecule has 7 nitrogen and oxygen atoms in total. The summed E-state index contributed by atoms with van der Waals surface area (Å²) in [6.07, 6.45) is 3.80. The van der Waals surface area contributed by atoms with Crippen LogP contribution in [0.25, 0.3) is 0 Å². The van der Waals surface area contributed by atoms with E-state index in [2.05, 4.69) is 20.2 Å². The van der Waals surface area contributed by atoms with Gasteiger partial charge in [0.2, 0.25) is 5.88 Å². The predicted octanol–water partition coefficient (Wildman–Crippen LogP) is 1.18. The number of aryl methyl sites for hydroxylation is 2. The number of aromatic nitrogens is 4. The van der Waals surface area contributed by atoms with Crippen molar-refractivity contribution in [2.45, 2.75) is 26.4 Å². The Morgan fingerprint density at radius 3 is 2.73 bits per heavy atom. The molecule has 22 heavy (non-hydrogen) atoms. The third-order valence-corrected chi connectivity index (χ3v) is 3.49. The molecule has 0 N–H and O–H groups in total. The standard InChI is InChI=1S/C15H17N5O2/c1-10-3-4-14(19-18-10)22-12-5-6-20(9-12)15(21)13-8-16-11(2)7-17-13/h3-4,7-8,12H,5-6,9H2,1-2H3/t12-/m1/s1. The Hall–Kier alpha value is -2.57. The molecule has 0 unspecified atom stereocenters. The molecule has 2 aromatic heterocycles. The molecule has 0 radical (unpaired) electrons. The molecule has 0 aliphatic carbocycles. The first-order valence-corrected chi connectivity index (χ1v) is 7.17. The SMILES string of the molecule is Cc1cnc(C(=O)N2CC[C@@H](Oc3ccc(C)nn3)C2)cn1. The summed E-state index contributed by atoms with van der Waals surface area (Å²) in [6.45, 7) is 4.86. The number of likely N-dealkylation sites (tertiary alicyclic amines) is 1. The van der Waals surface area contributed by atoms with Crippen LogP contribution in [-0.2, 0) is 0 Å². The Morgan fingerprint density at radius 2 is 2.05 bits per heavy atom. The minimum absolute atomic E-state index is 0.0700. The largest absolute Gasteiger partial charge is 0.471 e. The summed E-state index contributed by atoms with van der Waals surface area (Å²) < 4.78 is 5.76. The molecule has 0 spiro atoms. The first kappa shape index (κ1) is 14.4. The maximum absolute atomic E-state index is 12.3. The lowest BCUT2D eigenvalue weighted by atomic mass is 10.3. The number of rotatable bonds is 3. The maximum Gasteiger partial charge on any atom is 0.274 e. The van der Waals surface area contributed by atoms with Crippen LogP contribution in [0.2, 0.25) is 0 Å². The summed E-state index contributed by atoms with van der Waals surface area (Å²) in [5, 5.41) is 7.94. The molecule has 114 valence electrons. The lowest BCUT2D eigenvalue weighted by Gasteiger charge is -2.16. The van der Waals surface area contributed by atoms with Crippen molar-refractivity contribution in [1.29, 1.82) is 0 Å². The second-order valence-electron chi connectivity index (χ2n) is 5.34. The molecule has 1 aliphatic rings.